The average Bonchev–Trinajstić information content (AvgIpc) is 2.31. The van der Waals surface area contributed by atoms with Crippen LogP contribution in [0.25, 0.3) is 0 Å². The topological polar surface area (TPSA) is 26.0 Å². The average molecular weight is 191 g/mol. The third-order valence-corrected chi connectivity index (χ3v) is 3.50. The Morgan fingerprint density at radius 1 is 1.64 bits per heavy atom. The summed E-state index contributed by atoms with van der Waals surface area (Å²) in [5.41, 5.74) is 0. The molecule has 1 aromatic heterocycles. The summed E-state index contributed by atoms with van der Waals surface area (Å²) in [6.45, 7) is 4.08. The number of rotatable bonds is 2. The van der Waals surface area contributed by atoms with Gasteiger partial charge in [-0.3, -0.25) is 5.14 Å². The molecule has 0 aromatic carbocycles. The molecule has 62 valence electrons. The van der Waals surface area contributed by atoms with E-state index in [1.807, 2.05) is 13.8 Å². The quantitative estimate of drug-likeness (QED) is 0.727. The zero-order chi connectivity index (χ0) is 8.43. The van der Waals surface area contributed by atoms with E-state index in [9.17, 15) is 4.39 Å². The van der Waals surface area contributed by atoms with Crippen molar-refractivity contribution in [2.24, 2.45) is 5.14 Å². The van der Waals surface area contributed by atoms with E-state index in [-0.39, 0.29) is 5.82 Å². The molecule has 0 spiro atoms. The molecule has 11 heavy (non-hydrogen) atoms. The van der Waals surface area contributed by atoms with Crippen molar-refractivity contribution < 1.29 is 4.39 Å². The Morgan fingerprint density at radius 3 is 2.55 bits per heavy atom. The Balaban J connectivity index is 2.95. The van der Waals surface area contributed by atoms with Gasteiger partial charge in [0.2, 0.25) is 0 Å². The van der Waals surface area contributed by atoms with Crippen molar-refractivity contribution in [1.29, 1.82) is 0 Å². The van der Waals surface area contributed by atoms with Crippen molar-refractivity contribution >= 4 is 23.3 Å². The van der Waals surface area contributed by atoms with Crippen LogP contribution in [0, 0.1) is 5.82 Å². The van der Waals surface area contributed by atoms with Crippen LogP contribution in [0.5, 0.6) is 0 Å². The molecule has 0 aliphatic carbocycles. The highest BCUT2D eigenvalue weighted by Crippen LogP contribution is 2.31. The largest absolute Gasteiger partial charge is 0.273 e. The molecule has 2 N–H and O–H groups in total. The first kappa shape index (κ1) is 9.03. The predicted molar refractivity (Wildman–Crippen MR) is 48.4 cm³/mol. The first-order valence-corrected chi connectivity index (χ1v) is 5.00. The molecule has 0 aliphatic heterocycles. The van der Waals surface area contributed by atoms with Crippen LogP contribution in [-0.4, -0.2) is 0 Å². The third-order valence-electron chi connectivity index (χ3n) is 1.35. The Labute approximate surface area is 73.9 Å². The van der Waals surface area contributed by atoms with Gasteiger partial charge in [0.1, 0.15) is 10.0 Å². The summed E-state index contributed by atoms with van der Waals surface area (Å²) in [7, 11) is 0. The second-order valence-electron chi connectivity index (χ2n) is 2.56. The minimum Gasteiger partial charge on any atom is -0.273 e. The molecule has 0 atom stereocenters. The minimum atomic E-state index is -0.189. The molecule has 1 nitrogen and oxygen atoms in total. The van der Waals surface area contributed by atoms with E-state index < -0.39 is 0 Å². The van der Waals surface area contributed by atoms with E-state index in [2.05, 4.69) is 0 Å². The zero-order valence-electron chi connectivity index (χ0n) is 6.43. The van der Waals surface area contributed by atoms with Crippen LogP contribution >= 0.6 is 23.3 Å². The predicted octanol–water partition coefficient (Wildman–Crippen LogP) is 2.98. The van der Waals surface area contributed by atoms with Gasteiger partial charge in [-0.1, -0.05) is 13.8 Å². The van der Waals surface area contributed by atoms with Crippen molar-refractivity contribution in [3.05, 3.63) is 16.8 Å². The van der Waals surface area contributed by atoms with Crippen molar-refractivity contribution in [2.75, 3.05) is 0 Å². The van der Waals surface area contributed by atoms with E-state index >= 15 is 0 Å². The van der Waals surface area contributed by atoms with E-state index in [4.69, 9.17) is 5.14 Å². The Morgan fingerprint density at radius 2 is 2.27 bits per heavy atom. The molecule has 0 amide bonds. The molecule has 1 aromatic rings. The smallest absolute Gasteiger partial charge is 0.149 e. The second-order valence-corrected chi connectivity index (χ2v) is 4.54. The summed E-state index contributed by atoms with van der Waals surface area (Å²) in [6.07, 6.45) is 0. The highest BCUT2D eigenvalue weighted by atomic mass is 32.2. The number of halogens is 1. The van der Waals surface area contributed by atoms with Crippen LogP contribution in [0.3, 0.4) is 0 Å². The lowest BCUT2D eigenvalue weighted by Crippen LogP contribution is -1.78. The molecular formula is C7H10FNS2. The summed E-state index contributed by atoms with van der Waals surface area (Å²) in [6, 6.07) is 1.56. The highest BCUT2D eigenvalue weighted by molar-refractivity contribution is 7.99. The van der Waals surface area contributed by atoms with Gasteiger partial charge in [0, 0.05) is 4.88 Å². The van der Waals surface area contributed by atoms with Gasteiger partial charge < -0.3 is 0 Å². The van der Waals surface area contributed by atoms with E-state index in [0.29, 0.717) is 10.1 Å². The van der Waals surface area contributed by atoms with E-state index in [0.717, 1.165) is 16.8 Å². The van der Waals surface area contributed by atoms with Crippen molar-refractivity contribution in [1.82, 2.24) is 0 Å². The summed E-state index contributed by atoms with van der Waals surface area (Å²) < 4.78 is 13.5. The van der Waals surface area contributed by atoms with Crippen molar-refractivity contribution in [3.63, 3.8) is 0 Å². The number of hydrogen-bond acceptors (Lipinski definition) is 3. The monoisotopic (exact) mass is 191 g/mol. The Bertz CT molecular complexity index is 245. The lowest BCUT2D eigenvalue weighted by atomic mass is 10.2. The number of thiophene rings is 1. The van der Waals surface area contributed by atoms with Crippen LogP contribution in [-0.2, 0) is 0 Å². The number of nitrogens with two attached hydrogens (primary N) is 1. The summed E-state index contributed by atoms with van der Waals surface area (Å²) in [5, 5.41) is 5.25. The van der Waals surface area contributed by atoms with Gasteiger partial charge in [-0.25, -0.2) is 4.39 Å². The molecule has 0 saturated heterocycles. The normalized spacial score (nSPS) is 11.0. The second kappa shape index (κ2) is 3.56. The maximum Gasteiger partial charge on any atom is 0.149 e. The Hall–Kier alpha value is -0.0600. The molecular weight excluding hydrogens is 181 g/mol. The fourth-order valence-electron chi connectivity index (χ4n) is 0.734. The fourth-order valence-corrected chi connectivity index (χ4v) is 2.16. The molecule has 0 saturated carbocycles. The molecule has 0 fully saturated rings. The zero-order valence-corrected chi connectivity index (χ0v) is 8.06. The summed E-state index contributed by atoms with van der Waals surface area (Å²) in [5.74, 6) is 0.196. The van der Waals surface area contributed by atoms with Crippen molar-refractivity contribution in [3.8, 4) is 0 Å². The van der Waals surface area contributed by atoms with Crippen LogP contribution in [0.2, 0.25) is 0 Å². The summed E-state index contributed by atoms with van der Waals surface area (Å²) >= 11 is 2.41. The third kappa shape index (κ3) is 1.95. The van der Waals surface area contributed by atoms with Gasteiger partial charge >= 0.3 is 0 Å². The standard InChI is InChI=1S/C7H10FNS2/c1-4(2)6-3-5(8)7(10-6)11-9/h3-4H,9H2,1-2H3. The molecule has 1 heterocycles. The van der Waals surface area contributed by atoms with Gasteiger partial charge in [-0.15, -0.1) is 11.3 Å². The maximum absolute atomic E-state index is 12.9. The van der Waals surface area contributed by atoms with Crippen LogP contribution in [0.1, 0.15) is 24.6 Å². The van der Waals surface area contributed by atoms with E-state index in [1.165, 1.54) is 11.3 Å². The van der Waals surface area contributed by atoms with Crippen LogP contribution in [0.15, 0.2) is 10.3 Å². The fraction of sp³-hybridized carbons (Fsp3) is 0.429. The maximum atomic E-state index is 12.9. The molecule has 4 heteroatoms. The SMILES string of the molecule is CC(C)c1cc(F)c(SN)s1. The first-order valence-electron chi connectivity index (χ1n) is 3.31. The van der Waals surface area contributed by atoms with Crippen LogP contribution < -0.4 is 5.14 Å². The van der Waals surface area contributed by atoms with Gasteiger partial charge in [0.25, 0.3) is 0 Å². The minimum absolute atomic E-state index is 0.189. The molecule has 0 bridgehead atoms. The molecule has 0 aliphatic rings. The van der Waals surface area contributed by atoms with Gasteiger partial charge in [0.15, 0.2) is 0 Å². The lowest BCUT2D eigenvalue weighted by Gasteiger charge is -1.96. The molecule has 0 radical (unpaired) electrons. The van der Waals surface area contributed by atoms with Gasteiger partial charge in [-0.2, -0.15) is 0 Å². The van der Waals surface area contributed by atoms with Crippen molar-refractivity contribution in [2.45, 2.75) is 24.0 Å². The van der Waals surface area contributed by atoms with Gasteiger partial charge in [0.05, 0.1) is 0 Å². The lowest BCUT2D eigenvalue weighted by molar-refractivity contribution is 0.610. The number of hydrogen-bond donors (Lipinski definition) is 1. The Kier molecular flexibility index (Phi) is 2.92. The van der Waals surface area contributed by atoms with Crippen LogP contribution in [0.4, 0.5) is 4.39 Å². The van der Waals surface area contributed by atoms with E-state index in [1.54, 1.807) is 6.07 Å². The highest BCUT2D eigenvalue weighted by Gasteiger charge is 2.09. The first-order chi connectivity index (χ1) is 5.15. The van der Waals surface area contributed by atoms with Gasteiger partial charge in [-0.05, 0) is 23.9 Å². The molecule has 1 rings (SSSR count). The molecule has 0 unspecified atom stereocenters. The summed E-state index contributed by atoms with van der Waals surface area (Å²) in [4.78, 5) is 1.05.